The Morgan fingerprint density at radius 2 is 2.21 bits per heavy atom. The largest absolute Gasteiger partial charge is 0.339 e. The Labute approximate surface area is 118 Å². The highest BCUT2D eigenvalue weighted by Crippen LogP contribution is 2.28. The van der Waals surface area contributed by atoms with Crippen molar-refractivity contribution in [2.75, 3.05) is 13.1 Å². The maximum absolute atomic E-state index is 11.6. The SMILES string of the molecule is CCCCN(C/C=C(/C)C1CC=C(C)CC1)C(C)=O. The van der Waals surface area contributed by atoms with Crippen molar-refractivity contribution in [2.45, 2.75) is 59.8 Å². The molecule has 0 aromatic heterocycles. The highest BCUT2D eigenvalue weighted by molar-refractivity contribution is 5.73. The van der Waals surface area contributed by atoms with Crippen LogP contribution in [0.3, 0.4) is 0 Å². The molecule has 1 amide bonds. The van der Waals surface area contributed by atoms with E-state index in [0.29, 0.717) is 5.92 Å². The van der Waals surface area contributed by atoms with E-state index >= 15 is 0 Å². The Morgan fingerprint density at radius 1 is 1.47 bits per heavy atom. The first-order chi connectivity index (χ1) is 9.04. The van der Waals surface area contributed by atoms with Crippen molar-refractivity contribution < 1.29 is 4.79 Å². The monoisotopic (exact) mass is 263 g/mol. The molecule has 0 aliphatic heterocycles. The van der Waals surface area contributed by atoms with Crippen LogP contribution in [0.1, 0.15) is 59.8 Å². The number of unbranched alkanes of at least 4 members (excludes halogenated alkanes) is 1. The van der Waals surface area contributed by atoms with Crippen LogP contribution in [0.5, 0.6) is 0 Å². The average Bonchev–Trinajstić information content (AvgIpc) is 2.39. The van der Waals surface area contributed by atoms with Crippen molar-refractivity contribution >= 4 is 5.91 Å². The van der Waals surface area contributed by atoms with E-state index in [1.165, 1.54) is 30.4 Å². The number of amides is 1. The fraction of sp³-hybridized carbons (Fsp3) is 0.706. The first kappa shape index (κ1) is 16.0. The lowest BCUT2D eigenvalue weighted by atomic mass is 9.85. The smallest absolute Gasteiger partial charge is 0.219 e. The van der Waals surface area contributed by atoms with Gasteiger partial charge in [0.15, 0.2) is 0 Å². The van der Waals surface area contributed by atoms with Gasteiger partial charge in [-0.2, -0.15) is 0 Å². The van der Waals surface area contributed by atoms with Gasteiger partial charge < -0.3 is 4.90 Å². The molecule has 2 heteroatoms. The summed E-state index contributed by atoms with van der Waals surface area (Å²) >= 11 is 0. The number of nitrogens with zero attached hydrogens (tertiary/aromatic N) is 1. The average molecular weight is 263 g/mol. The summed E-state index contributed by atoms with van der Waals surface area (Å²) in [6.45, 7) is 9.94. The minimum absolute atomic E-state index is 0.192. The highest BCUT2D eigenvalue weighted by Gasteiger charge is 2.14. The molecule has 1 rings (SSSR count). The summed E-state index contributed by atoms with van der Waals surface area (Å²) in [4.78, 5) is 13.5. The molecular formula is C17H29NO. The van der Waals surface area contributed by atoms with Gasteiger partial charge in [-0.1, -0.05) is 36.6 Å². The summed E-state index contributed by atoms with van der Waals surface area (Å²) in [6.07, 6.45) is 10.5. The molecule has 0 N–H and O–H groups in total. The van der Waals surface area contributed by atoms with E-state index in [-0.39, 0.29) is 5.91 Å². The third-order valence-electron chi connectivity index (χ3n) is 4.14. The van der Waals surface area contributed by atoms with Gasteiger partial charge in [-0.25, -0.2) is 0 Å². The van der Waals surface area contributed by atoms with Gasteiger partial charge in [0.05, 0.1) is 0 Å². The van der Waals surface area contributed by atoms with Gasteiger partial charge >= 0.3 is 0 Å². The predicted octanol–water partition coefficient (Wildman–Crippen LogP) is 4.33. The second-order valence-corrected chi connectivity index (χ2v) is 5.79. The van der Waals surface area contributed by atoms with E-state index in [1.807, 2.05) is 4.90 Å². The van der Waals surface area contributed by atoms with E-state index in [9.17, 15) is 4.79 Å². The van der Waals surface area contributed by atoms with Crippen LogP contribution in [0.2, 0.25) is 0 Å². The quantitative estimate of drug-likeness (QED) is 0.653. The summed E-state index contributed by atoms with van der Waals surface area (Å²) in [5.74, 6) is 0.876. The number of allylic oxidation sites excluding steroid dienone is 3. The second-order valence-electron chi connectivity index (χ2n) is 5.79. The highest BCUT2D eigenvalue weighted by atomic mass is 16.2. The summed E-state index contributed by atoms with van der Waals surface area (Å²) in [7, 11) is 0. The third-order valence-corrected chi connectivity index (χ3v) is 4.14. The van der Waals surface area contributed by atoms with Crippen LogP contribution >= 0.6 is 0 Å². The third kappa shape index (κ3) is 5.63. The Balaban J connectivity index is 2.50. The van der Waals surface area contributed by atoms with Gasteiger partial charge in [-0.3, -0.25) is 4.79 Å². The summed E-state index contributed by atoms with van der Waals surface area (Å²) in [5.41, 5.74) is 2.98. The van der Waals surface area contributed by atoms with Crippen LogP contribution in [0, 0.1) is 5.92 Å². The van der Waals surface area contributed by atoms with E-state index in [2.05, 4.69) is 32.9 Å². The molecule has 0 fully saturated rings. The minimum atomic E-state index is 0.192. The molecule has 1 aliphatic rings. The first-order valence-corrected chi connectivity index (χ1v) is 7.62. The molecule has 19 heavy (non-hydrogen) atoms. The molecule has 0 saturated heterocycles. The first-order valence-electron chi connectivity index (χ1n) is 7.62. The molecule has 108 valence electrons. The van der Waals surface area contributed by atoms with Crippen molar-refractivity contribution in [3.8, 4) is 0 Å². The van der Waals surface area contributed by atoms with Gasteiger partial charge in [0, 0.05) is 20.0 Å². The minimum Gasteiger partial charge on any atom is -0.339 e. The number of carbonyl (C=O) groups is 1. The zero-order chi connectivity index (χ0) is 14.3. The molecule has 0 spiro atoms. The van der Waals surface area contributed by atoms with Crippen molar-refractivity contribution in [2.24, 2.45) is 5.92 Å². The van der Waals surface area contributed by atoms with Crippen LogP contribution in [-0.4, -0.2) is 23.9 Å². The maximum Gasteiger partial charge on any atom is 0.219 e. The lowest BCUT2D eigenvalue weighted by Crippen LogP contribution is -2.30. The maximum atomic E-state index is 11.6. The van der Waals surface area contributed by atoms with Crippen LogP contribution in [0.15, 0.2) is 23.3 Å². The van der Waals surface area contributed by atoms with Gasteiger partial charge in [0.2, 0.25) is 5.91 Å². The molecule has 0 aromatic rings. The van der Waals surface area contributed by atoms with Gasteiger partial charge in [0.25, 0.3) is 0 Å². The Morgan fingerprint density at radius 3 is 2.74 bits per heavy atom. The van der Waals surface area contributed by atoms with Crippen molar-refractivity contribution in [3.05, 3.63) is 23.3 Å². The summed E-state index contributed by atoms with van der Waals surface area (Å²) in [5, 5.41) is 0. The lowest BCUT2D eigenvalue weighted by molar-refractivity contribution is -0.128. The normalized spacial score (nSPS) is 20.1. The molecule has 0 bridgehead atoms. The summed E-state index contributed by atoms with van der Waals surface area (Å²) in [6, 6.07) is 0. The van der Waals surface area contributed by atoms with Crippen molar-refractivity contribution in [3.63, 3.8) is 0 Å². The van der Waals surface area contributed by atoms with E-state index in [1.54, 1.807) is 6.92 Å². The van der Waals surface area contributed by atoms with E-state index < -0.39 is 0 Å². The van der Waals surface area contributed by atoms with Crippen molar-refractivity contribution in [1.29, 1.82) is 0 Å². The molecule has 0 aromatic carbocycles. The standard InChI is InChI=1S/C17H29NO/c1-5-6-12-18(16(4)19)13-11-15(3)17-9-7-14(2)8-10-17/h7,11,17H,5-6,8-10,12-13H2,1-4H3/b15-11-. The predicted molar refractivity (Wildman–Crippen MR) is 82.0 cm³/mol. The van der Waals surface area contributed by atoms with Crippen LogP contribution in [-0.2, 0) is 4.79 Å². The summed E-state index contributed by atoms with van der Waals surface area (Å²) < 4.78 is 0. The Kier molecular flexibility index (Phi) is 6.90. The zero-order valence-electron chi connectivity index (χ0n) is 13.0. The molecule has 0 radical (unpaired) electrons. The van der Waals surface area contributed by atoms with Crippen molar-refractivity contribution in [1.82, 2.24) is 4.90 Å². The molecule has 1 unspecified atom stereocenters. The molecule has 1 aliphatic carbocycles. The number of hydrogen-bond donors (Lipinski definition) is 0. The van der Waals surface area contributed by atoms with Gasteiger partial charge in [-0.05, 0) is 45.4 Å². The van der Waals surface area contributed by atoms with E-state index in [0.717, 1.165) is 25.9 Å². The fourth-order valence-electron chi connectivity index (χ4n) is 2.53. The van der Waals surface area contributed by atoms with E-state index in [4.69, 9.17) is 0 Å². The number of rotatable bonds is 6. The van der Waals surface area contributed by atoms with Gasteiger partial charge in [0.1, 0.15) is 0 Å². The topological polar surface area (TPSA) is 20.3 Å². The Hall–Kier alpha value is -1.05. The molecule has 2 nitrogen and oxygen atoms in total. The molecule has 0 saturated carbocycles. The fourth-order valence-corrected chi connectivity index (χ4v) is 2.53. The van der Waals surface area contributed by atoms with Crippen LogP contribution < -0.4 is 0 Å². The Bertz CT molecular complexity index is 354. The second kappa shape index (κ2) is 8.19. The van der Waals surface area contributed by atoms with Gasteiger partial charge in [-0.15, -0.1) is 0 Å². The number of hydrogen-bond acceptors (Lipinski definition) is 1. The number of carbonyl (C=O) groups excluding carboxylic acids is 1. The van der Waals surface area contributed by atoms with Crippen LogP contribution in [0.4, 0.5) is 0 Å². The zero-order valence-corrected chi connectivity index (χ0v) is 13.0. The molecular weight excluding hydrogens is 234 g/mol. The molecule has 1 atom stereocenters. The molecule has 0 heterocycles. The van der Waals surface area contributed by atoms with Crippen LogP contribution in [0.25, 0.3) is 0 Å². The lowest BCUT2D eigenvalue weighted by Gasteiger charge is -2.23.